The number of amides is 2. The molecule has 1 N–H and O–H groups in total. The van der Waals surface area contributed by atoms with Gasteiger partial charge in [0.15, 0.2) is 9.84 Å². The zero-order valence-corrected chi connectivity index (χ0v) is 15.1. The number of rotatable bonds is 3. The Morgan fingerprint density at radius 1 is 1.16 bits per heavy atom. The van der Waals surface area contributed by atoms with E-state index in [1.54, 1.807) is 29.2 Å². The zero-order chi connectivity index (χ0) is 17.9. The van der Waals surface area contributed by atoms with Crippen molar-refractivity contribution in [1.29, 1.82) is 0 Å². The minimum atomic E-state index is -3.27. The molecule has 136 valence electrons. The first-order valence-corrected chi connectivity index (χ1v) is 10.5. The van der Waals surface area contributed by atoms with E-state index >= 15 is 0 Å². The van der Waals surface area contributed by atoms with Gasteiger partial charge in [0.25, 0.3) is 0 Å². The highest BCUT2D eigenvalue weighted by Crippen LogP contribution is 2.31. The first-order valence-electron chi connectivity index (χ1n) is 8.86. The van der Waals surface area contributed by atoms with E-state index in [4.69, 9.17) is 0 Å². The molecule has 0 spiro atoms. The van der Waals surface area contributed by atoms with Crippen LogP contribution in [-0.4, -0.2) is 44.0 Å². The first-order chi connectivity index (χ1) is 12.0. The zero-order valence-electron chi connectivity index (χ0n) is 14.2. The van der Waals surface area contributed by atoms with E-state index in [0.29, 0.717) is 29.8 Å². The lowest BCUT2D eigenvalue weighted by Gasteiger charge is -2.28. The van der Waals surface area contributed by atoms with Gasteiger partial charge in [-0.3, -0.25) is 9.59 Å². The number of hydrogen-bond donors (Lipinski definition) is 1. The summed E-state index contributed by atoms with van der Waals surface area (Å²) in [7, 11) is -3.27. The Bertz CT molecular complexity index is 760. The minimum absolute atomic E-state index is 0.0254. The van der Waals surface area contributed by atoms with Gasteiger partial charge in [-0.1, -0.05) is 31.0 Å². The van der Waals surface area contributed by atoms with Crippen molar-refractivity contribution in [3.05, 3.63) is 29.8 Å². The number of benzene rings is 1. The first kappa shape index (κ1) is 17.9. The van der Waals surface area contributed by atoms with Crippen molar-refractivity contribution in [3.8, 4) is 0 Å². The molecule has 0 unspecified atom stereocenters. The molecule has 3 rings (SSSR count). The second-order valence-corrected chi connectivity index (χ2v) is 8.82. The van der Waals surface area contributed by atoms with Gasteiger partial charge in [-0.2, -0.15) is 0 Å². The largest absolute Gasteiger partial charge is 0.348 e. The third-order valence-electron chi connectivity index (χ3n) is 4.90. The van der Waals surface area contributed by atoms with Gasteiger partial charge in [0.05, 0.1) is 23.2 Å². The molecule has 1 atom stereocenters. The van der Waals surface area contributed by atoms with Crippen molar-refractivity contribution in [1.82, 2.24) is 10.2 Å². The Balaban J connectivity index is 1.68. The molecule has 2 amide bonds. The fourth-order valence-corrected chi connectivity index (χ4v) is 5.16. The maximum atomic E-state index is 12.4. The van der Waals surface area contributed by atoms with Crippen LogP contribution < -0.4 is 5.32 Å². The summed E-state index contributed by atoms with van der Waals surface area (Å²) >= 11 is 0. The number of nitrogens with one attached hydrogen (secondary N) is 1. The highest BCUT2D eigenvalue weighted by molar-refractivity contribution is 7.91. The summed E-state index contributed by atoms with van der Waals surface area (Å²) in [4.78, 5) is 26.5. The van der Waals surface area contributed by atoms with E-state index in [1.165, 1.54) is 0 Å². The molecule has 0 radical (unpaired) electrons. The Morgan fingerprint density at radius 2 is 1.92 bits per heavy atom. The fraction of sp³-hybridized carbons (Fsp3) is 0.556. The van der Waals surface area contributed by atoms with E-state index in [-0.39, 0.29) is 30.2 Å². The molecule has 2 aliphatic rings. The standard InChI is InChI=1S/C18H24N2O4S/c21-17(13-20-11-6-2-1-3-9-18(20)22)19-15-10-12-25(23,24)16-8-5-4-7-14(15)16/h4-5,7-8,15H,1-3,6,9-13H2,(H,19,21)/t15-/m1/s1. The van der Waals surface area contributed by atoms with Crippen LogP contribution in [0.4, 0.5) is 0 Å². The molecular formula is C18H24N2O4S. The van der Waals surface area contributed by atoms with Crippen molar-refractivity contribution in [2.45, 2.75) is 49.5 Å². The third-order valence-corrected chi connectivity index (χ3v) is 6.71. The van der Waals surface area contributed by atoms with E-state index < -0.39 is 9.84 Å². The van der Waals surface area contributed by atoms with Crippen LogP contribution in [0.5, 0.6) is 0 Å². The predicted octanol–water partition coefficient (Wildman–Crippen LogP) is 1.81. The van der Waals surface area contributed by atoms with E-state index in [1.807, 2.05) is 0 Å². The molecule has 1 saturated heterocycles. The van der Waals surface area contributed by atoms with Gasteiger partial charge in [0, 0.05) is 13.0 Å². The van der Waals surface area contributed by atoms with Crippen LogP contribution in [-0.2, 0) is 19.4 Å². The van der Waals surface area contributed by atoms with Gasteiger partial charge in [-0.15, -0.1) is 0 Å². The molecule has 6 nitrogen and oxygen atoms in total. The van der Waals surface area contributed by atoms with Crippen molar-refractivity contribution in [2.75, 3.05) is 18.8 Å². The van der Waals surface area contributed by atoms with Gasteiger partial charge in [-0.25, -0.2) is 8.42 Å². The normalized spacial score (nSPS) is 23.3. The Morgan fingerprint density at radius 3 is 2.76 bits per heavy atom. The van der Waals surface area contributed by atoms with E-state index in [2.05, 4.69) is 5.32 Å². The summed E-state index contributed by atoms with van der Waals surface area (Å²) in [5.41, 5.74) is 0.640. The number of likely N-dealkylation sites (tertiary alicyclic amines) is 1. The number of sulfone groups is 1. The number of fused-ring (bicyclic) bond motifs is 1. The van der Waals surface area contributed by atoms with Crippen LogP contribution in [0.15, 0.2) is 29.2 Å². The highest BCUT2D eigenvalue weighted by atomic mass is 32.2. The third kappa shape index (κ3) is 4.21. The molecule has 0 aromatic heterocycles. The van der Waals surface area contributed by atoms with E-state index in [9.17, 15) is 18.0 Å². The average Bonchev–Trinajstić information content (AvgIpc) is 2.58. The molecule has 25 heavy (non-hydrogen) atoms. The Hall–Kier alpha value is -1.89. The number of carbonyl (C=O) groups excluding carboxylic acids is 2. The maximum Gasteiger partial charge on any atom is 0.240 e. The van der Waals surface area contributed by atoms with Crippen LogP contribution >= 0.6 is 0 Å². The average molecular weight is 364 g/mol. The molecule has 1 aromatic rings. The summed E-state index contributed by atoms with van der Waals surface area (Å²) in [6, 6.07) is 6.49. The molecule has 0 bridgehead atoms. The highest BCUT2D eigenvalue weighted by Gasteiger charge is 2.31. The van der Waals surface area contributed by atoms with Crippen molar-refractivity contribution >= 4 is 21.7 Å². The summed E-state index contributed by atoms with van der Waals surface area (Å²) in [5, 5.41) is 2.92. The Kier molecular flexibility index (Phi) is 5.42. The number of carbonyl (C=O) groups is 2. The second kappa shape index (κ2) is 7.56. The lowest BCUT2D eigenvalue weighted by Crippen LogP contribution is -2.43. The quantitative estimate of drug-likeness (QED) is 0.887. The van der Waals surface area contributed by atoms with E-state index in [0.717, 1.165) is 25.7 Å². The van der Waals surface area contributed by atoms with Crippen LogP contribution in [0.25, 0.3) is 0 Å². The topological polar surface area (TPSA) is 83.6 Å². The van der Waals surface area contributed by atoms with Gasteiger partial charge in [0.2, 0.25) is 11.8 Å². The van der Waals surface area contributed by atoms with Gasteiger partial charge >= 0.3 is 0 Å². The summed E-state index contributed by atoms with van der Waals surface area (Å²) in [6.07, 6.45) is 4.81. The summed E-state index contributed by atoms with van der Waals surface area (Å²) < 4.78 is 24.3. The van der Waals surface area contributed by atoms with Crippen molar-refractivity contribution in [3.63, 3.8) is 0 Å². The SMILES string of the molecule is O=C(CN1CCCCCCC1=O)N[C@@H]1CCS(=O)(=O)c2ccccc21. The molecular weight excluding hydrogens is 340 g/mol. The van der Waals surface area contributed by atoms with Gasteiger partial charge < -0.3 is 10.2 Å². The minimum Gasteiger partial charge on any atom is -0.348 e. The summed E-state index contributed by atoms with van der Waals surface area (Å²) in [6.45, 7) is 0.659. The Labute approximate surface area is 148 Å². The monoisotopic (exact) mass is 364 g/mol. The molecule has 0 aliphatic carbocycles. The van der Waals surface area contributed by atoms with Crippen LogP contribution in [0.3, 0.4) is 0 Å². The fourth-order valence-electron chi connectivity index (χ4n) is 3.54. The van der Waals surface area contributed by atoms with Crippen LogP contribution in [0.2, 0.25) is 0 Å². The smallest absolute Gasteiger partial charge is 0.240 e. The van der Waals surface area contributed by atoms with Gasteiger partial charge in [-0.05, 0) is 30.9 Å². The molecule has 7 heteroatoms. The molecule has 1 fully saturated rings. The summed E-state index contributed by atoms with van der Waals surface area (Å²) in [5.74, 6) is -0.174. The number of hydrogen-bond acceptors (Lipinski definition) is 4. The molecule has 2 heterocycles. The van der Waals surface area contributed by atoms with Crippen LogP contribution in [0, 0.1) is 0 Å². The number of nitrogens with zero attached hydrogens (tertiary/aromatic N) is 1. The van der Waals surface area contributed by atoms with Crippen molar-refractivity contribution in [2.24, 2.45) is 0 Å². The van der Waals surface area contributed by atoms with Gasteiger partial charge in [0.1, 0.15) is 0 Å². The van der Waals surface area contributed by atoms with Crippen molar-refractivity contribution < 1.29 is 18.0 Å². The molecule has 2 aliphatic heterocycles. The predicted molar refractivity (Wildman–Crippen MR) is 93.7 cm³/mol. The lowest BCUT2D eigenvalue weighted by atomic mass is 10.0. The second-order valence-electron chi connectivity index (χ2n) is 6.74. The maximum absolute atomic E-state index is 12.4. The lowest BCUT2D eigenvalue weighted by molar-refractivity contribution is -0.136. The van der Waals surface area contributed by atoms with Crippen LogP contribution in [0.1, 0.15) is 50.1 Å². The molecule has 1 aromatic carbocycles. The molecule has 0 saturated carbocycles.